The van der Waals surface area contributed by atoms with Crippen molar-refractivity contribution in [2.75, 3.05) is 20.1 Å². The van der Waals surface area contributed by atoms with Crippen LogP contribution in [-0.4, -0.2) is 37.0 Å². The molecule has 1 rings (SSSR count). The minimum absolute atomic E-state index is 0.209. The van der Waals surface area contributed by atoms with E-state index >= 15 is 0 Å². The SMILES string of the molecule is CC(C)N(C)C(=O)[C@@H]1CCCNC1. The maximum atomic E-state index is 11.8. The van der Waals surface area contributed by atoms with Gasteiger partial charge in [0, 0.05) is 19.6 Å². The van der Waals surface area contributed by atoms with E-state index in [0.29, 0.717) is 11.9 Å². The molecule has 1 amide bonds. The molecule has 3 nitrogen and oxygen atoms in total. The predicted molar refractivity (Wildman–Crippen MR) is 53.5 cm³/mol. The molecule has 0 saturated carbocycles. The lowest BCUT2D eigenvalue weighted by atomic mass is 9.98. The fourth-order valence-electron chi connectivity index (χ4n) is 1.61. The van der Waals surface area contributed by atoms with Crippen molar-refractivity contribution in [2.45, 2.75) is 32.7 Å². The van der Waals surface area contributed by atoms with E-state index in [4.69, 9.17) is 0 Å². The second-order valence-corrected chi connectivity index (χ2v) is 4.09. The third-order valence-corrected chi connectivity index (χ3v) is 2.77. The summed E-state index contributed by atoms with van der Waals surface area (Å²) in [5.74, 6) is 0.503. The van der Waals surface area contributed by atoms with Crippen LogP contribution in [0.1, 0.15) is 26.7 Å². The highest BCUT2D eigenvalue weighted by atomic mass is 16.2. The van der Waals surface area contributed by atoms with E-state index in [1.165, 1.54) is 0 Å². The molecule has 3 heteroatoms. The number of rotatable bonds is 2. The molecule has 0 aromatic heterocycles. The van der Waals surface area contributed by atoms with Crippen LogP contribution in [0.4, 0.5) is 0 Å². The molecular formula is C10H20N2O. The van der Waals surface area contributed by atoms with Crippen molar-refractivity contribution in [1.82, 2.24) is 10.2 Å². The van der Waals surface area contributed by atoms with Gasteiger partial charge in [-0.1, -0.05) is 0 Å². The Morgan fingerprint density at radius 1 is 1.54 bits per heavy atom. The molecule has 13 heavy (non-hydrogen) atoms. The molecule has 1 aliphatic rings. The van der Waals surface area contributed by atoms with E-state index in [1.807, 2.05) is 25.8 Å². The summed E-state index contributed by atoms with van der Waals surface area (Å²) in [5.41, 5.74) is 0. The number of hydrogen-bond donors (Lipinski definition) is 1. The predicted octanol–water partition coefficient (Wildman–Crippen LogP) is 0.853. The molecule has 1 N–H and O–H groups in total. The van der Waals surface area contributed by atoms with E-state index < -0.39 is 0 Å². The van der Waals surface area contributed by atoms with Crippen LogP contribution >= 0.6 is 0 Å². The molecular weight excluding hydrogens is 164 g/mol. The van der Waals surface area contributed by atoms with Crippen LogP contribution in [0.15, 0.2) is 0 Å². The smallest absolute Gasteiger partial charge is 0.226 e. The minimum Gasteiger partial charge on any atom is -0.343 e. The normalized spacial score (nSPS) is 23.2. The summed E-state index contributed by atoms with van der Waals surface area (Å²) in [7, 11) is 1.89. The van der Waals surface area contributed by atoms with Crippen LogP contribution in [0, 0.1) is 5.92 Å². The Balaban J connectivity index is 2.45. The van der Waals surface area contributed by atoms with Crippen LogP contribution in [0.25, 0.3) is 0 Å². The Hall–Kier alpha value is -0.570. The average molecular weight is 184 g/mol. The highest BCUT2D eigenvalue weighted by Gasteiger charge is 2.24. The summed E-state index contributed by atoms with van der Waals surface area (Å²) in [6.45, 7) is 6.02. The zero-order valence-electron chi connectivity index (χ0n) is 8.84. The largest absolute Gasteiger partial charge is 0.343 e. The molecule has 1 saturated heterocycles. The summed E-state index contributed by atoms with van der Waals surface area (Å²) in [6.07, 6.45) is 2.17. The van der Waals surface area contributed by atoms with Gasteiger partial charge >= 0.3 is 0 Å². The quantitative estimate of drug-likeness (QED) is 0.690. The van der Waals surface area contributed by atoms with E-state index in [0.717, 1.165) is 25.9 Å². The highest BCUT2D eigenvalue weighted by molar-refractivity contribution is 5.79. The van der Waals surface area contributed by atoms with Gasteiger partial charge in [-0.2, -0.15) is 0 Å². The Labute approximate surface area is 80.5 Å². The van der Waals surface area contributed by atoms with E-state index in [1.54, 1.807) is 0 Å². The van der Waals surface area contributed by atoms with Crippen molar-refractivity contribution >= 4 is 5.91 Å². The first-order valence-electron chi connectivity index (χ1n) is 5.10. The van der Waals surface area contributed by atoms with Crippen LogP contribution in [0.3, 0.4) is 0 Å². The zero-order valence-corrected chi connectivity index (χ0v) is 8.84. The van der Waals surface area contributed by atoms with Crippen molar-refractivity contribution in [3.05, 3.63) is 0 Å². The van der Waals surface area contributed by atoms with Gasteiger partial charge in [0.15, 0.2) is 0 Å². The monoisotopic (exact) mass is 184 g/mol. The Morgan fingerprint density at radius 3 is 2.69 bits per heavy atom. The summed E-state index contributed by atoms with van der Waals surface area (Å²) in [4.78, 5) is 13.7. The Morgan fingerprint density at radius 2 is 2.23 bits per heavy atom. The molecule has 0 aromatic rings. The van der Waals surface area contributed by atoms with Gasteiger partial charge in [0.1, 0.15) is 0 Å². The van der Waals surface area contributed by atoms with Crippen molar-refractivity contribution in [3.8, 4) is 0 Å². The van der Waals surface area contributed by atoms with Gasteiger partial charge < -0.3 is 10.2 Å². The maximum Gasteiger partial charge on any atom is 0.226 e. The Kier molecular flexibility index (Phi) is 3.72. The zero-order chi connectivity index (χ0) is 9.84. The van der Waals surface area contributed by atoms with Gasteiger partial charge in [0.2, 0.25) is 5.91 Å². The second-order valence-electron chi connectivity index (χ2n) is 4.09. The molecule has 0 radical (unpaired) electrons. The highest BCUT2D eigenvalue weighted by Crippen LogP contribution is 2.13. The van der Waals surface area contributed by atoms with Crippen LogP contribution in [0.2, 0.25) is 0 Å². The summed E-state index contributed by atoms with van der Waals surface area (Å²) >= 11 is 0. The molecule has 0 aliphatic carbocycles. The summed E-state index contributed by atoms with van der Waals surface area (Å²) in [6, 6.07) is 0.314. The van der Waals surface area contributed by atoms with Gasteiger partial charge in [-0.05, 0) is 33.2 Å². The van der Waals surface area contributed by atoms with Crippen LogP contribution < -0.4 is 5.32 Å². The van der Waals surface area contributed by atoms with Gasteiger partial charge in [0.05, 0.1) is 5.92 Å². The third kappa shape index (κ3) is 2.69. The molecule has 1 atom stereocenters. The molecule has 1 aliphatic heterocycles. The molecule has 1 heterocycles. The number of carbonyl (C=O) groups excluding carboxylic acids is 1. The fraction of sp³-hybridized carbons (Fsp3) is 0.900. The van der Waals surface area contributed by atoms with E-state index in [9.17, 15) is 4.79 Å². The molecule has 0 spiro atoms. The maximum absolute atomic E-state index is 11.8. The van der Waals surface area contributed by atoms with Crippen molar-refractivity contribution in [1.29, 1.82) is 0 Å². The lowest BCUT2D eigenvalue weighted by molar-refractivity contribution is -0.136. The number of piperidine rings is 1. The summed E-state index contributed by atoms with van der Waals surface area (Å²) < 4.78 is 0. The lowest BCUT2D eigenvalue weighted by Gasteiger charge is -2.29. The van der Waals surface area contributed by atoms with Crippen molar-refractivity contribution in [3.63, 3.8) is 0 Å². The number of hydrogen-bond acceptors (Lipinski definition) is 2. The second kappa shape index (κ2) is 4.61. The average Bonchev–Trinajstić information content (AvgIpc) is 2.17. The standard InChI is InChI=1S/C10H20N2O/c1-8(2)12(3)10(13)9-5-4-6-11-7-9/h8-9,11H,4-7H2,1-3H3/t9-/m1/s1. The van der Waals surface area contributed by atoms with Gasteiger partial charge in [0.25, 0.3) is 0 Å². The van der Waals surface area contributed by atoms with Crippen molar-refractivity contribution < 1.29 is 4.79 Å². The number of amides is 1. The van der Waals surface area contributed by atoms with Crippen molar-refractivity contribution in [2.24, 2.45) is 5.92 Å². The van der Waals surface area contributed by atoms with Gasteiger partial charge in [-0.3, -0.25) is 4.79 Å². The first-order valence-corrected chi connectivity index (χ1v) is 5.10. The lowest BCUT2D eigenvalue weighted by Crippen LogP contribution is -2.43. The number of nitrogens with one attached hydrogen (secondary N) is 1. The Bertz CT molecular complexity index is 174. The van der Waals surface area contributed by atoms with Crippen LogP contribution in [0.5, 0.6) is 0 Å². The molecule has 1 fully saturated rings. The molecule has 0 unspecified atom stereocenters. The minimum atomic E-state index is 0.209. The molecule has 0 aromatic carbocycles. The van der Waals surface area contributed by atoms with Gasteiger partial charge in [-0.15, -0.1) is 0 Å². The molecule has 76 valence electrons. The number of nitrogens with zero attached hydrogens (tertiary/aromatic N) is 1. The first kappa shape index (κ1) is 10.5. The van der Waals surface area contributed by atoms with E-state index in [-0.39, 0.29) is 5.92 Å². The fourth-order valence-corrected chi connectivity index (χ4v) is 1.61. The van der Waals surface area contributed by atoms with E-state index in [2.05, 4.69) is 5.32 Å². The third-order valence-electron chi connectivity index (χ3n) is 2.77. The summed E-state index contributed by atoms with van der Waals surface area (Å²) in [5, 5.41) is 3.26. The number of carbonyl (C=O) groups is 1. The van der Waals surface area contributed by atoms with Gasteiger partial charge in [-0.25, -0.2) is 0 Å². The topological polar surface area (TPSA) is 32.3 Å². The first-order chi connectivity index (χ1) is 6.13. The molecule has 0 bridgehead atoms. The van der Waals surface area contributed by atoms with Crippen LogP contribution in [-0.2, 0) is 4.79 Å².